The fraction of sp³-hybridized carbons (Fsp3) is 0.282. The number of hydrogen-bond acceptors (Lipinski definition) is 6. The molecule has 6 heteroatoms. The molecule has 444 valence electrons. The van der Waals surface area contributed by atoms with Gasteiger partial charge in [0.1, 0.15) is 0 Å². The van der Waals surface area contributed by atoms with E-state index in [0.29, 0.717) is 16.7 Å². The van der Waals surface area contributed by atoms with E-state index in [4.69, 9.17) is 0 Å². The Hall–Kier alpha value is -9.67. The largest absolute Gasteiger partial charge is 0.334 e. The van der Waals surface area contributed by atoms with E-state index in [2.05, 4.69) is 232 Å². The first kappa shape index (κ1) is 55.4. The maximum absolute atomic E-state index is 9.89. The molecule has 0 radical (unpaired) electrons. The summed E-state index contributed by atoms with van der Waals surface area (Å²) in [5.74, 6) is 0. The zero-order chi connectivity index (χ0) is 62.0. The Morgan fingerprint density at radius 1 is 0.297 bits per heavy atom. The standard InChI is InChI=1S/C85H74N6/c1-80-40-10-13-43-83(80,4)89(61-27-18-54(51-86)19-28-61)75-37-24-58(46-72(75)80)69-49-68(57-16-8-7-9-17-57)64-33-34-66-70(59-25-38-76-73(47-59)81(2)41-11-14-44-84(81,5)90(76)62-29-20-55(52-87)21-30-62)50-71(67-36-35-65(69)78(64)79(66)67)60-26-39-77-74(48-60)82(3)42-12-15-45-85(82,6)91(77)63-31-22-56(53-88)23-32-63/h7-9,16-39,46-50H,10-15,40-45H2,1-6H3. The van der Waals surface area contributed by atoms with Gasteiger partial charge in [0.05, 0.1) is 51.5 Å². The van der Waals surface area contributed by atoms with Gasteiger partial charge >= 0.3 is 0 Å². The van der Waals surface area contributed by atoms with Crippen LogP contribution in [0.2, 0.25) is 0 Å². The van der Waals surface area contributed by atoms with Crippen LogP contribution in [0.25, 0.3) is 76.8 Å². The number of nitriles is 3. The molecule has 3 aliphatic heterocycles. The molecule has 6 aliphatic rings. The second-order valence-corrected chi connectivity index (χ2v) is 29.0. The molecule has 6 nitrogen and oxygen atoms in total. The minimum absolute atomic E-state index is 0.109. The summed E-state index contributed by atoms with van der Waals surface area (Å²) in [4.78, 5) is 7.86. The lowest BCUT2D eigenvalue weighted by Crippen LogP contribution is -2.54. The van der Waals surface area contributed by atoms with E-state index in [1.54, 1.807) is 0 Å². The minimum Gasteiger partial charge on any atom is -0.334 e. The lowest BCUT2D eigenvalue weighted by Gasteiger charge is -2.50. The van der Waals surface area contributed by atoms with E-state index in [1.807, 2.05) is 36.4 Å². The summed E-state index contributed by atoms with van der Waals surface area (Å²) < 4.78 is 0. The molecule has 17 rings (SSSR count). The number of fused-ring (bicyclic) bond motifs is 9. The molecule has 11 aromatic carbocycles. The number of rotatable bonds is 7. The van der Waals surface area contributed by atoms with Crippen LogP contribution in [-0.2, 0) is 16.2 Å². The highest BCUT2D eigenvalue weighted by Gasteiger charge is 2.60. The Morgan fingerprint density at radius 2 is 0.582 bits per heavy atom. The third-order valence-corrected chi connectivity index (χ3v) is 25.0. The quantitative estimate of drug-likeness (QED) is 0.148. The van der Waals surface area contributed by atoms with Crippen LogP contribution in [0.4, 0.5) is 34.1 Å². The average molecular weight is 1180 g/mol. The van der Waals surface area contributed by atoms with E-state index < -0.39 is 0 Å². The molecule has 3 fully saturated rings. The van der Waals surface area contributed by atoms with Crippen LogP contribution >= 0.6 is 0 Å². The Bertz CT molecular complexity index is 4820. The maximum Gasteiger partial charge on any atom is 0.0991 e. The molecule has 0 saturated heterocycles. The van der Waals surface area contributed by atoms with Crippen molar-refractivity contribution in [3.63, 3.8) is 0 Å². The lowest BCUT2D eigenvalue weighted by molar-refractivity contribution is 0.195. The first-order valence-corrected chi connectivity index (χ1v) is 33.4. The summed E-state index contributed by atoms with van der Waals surface area (Å²) in [6, 6.07) is 80.0. The molecule has 0 aromatic heterocycles. The SMILES string of the molecule is CC12CCCCC1(C)N(c1ccc(C#N)cc1)c1ccc(-c3cc(-c4ccccc4)c4ccc5c(-c6ccc7c(c6)C6(C)CCCCC6(C)N7c6ccc(C#N)cc6)cc(-c6ccc7c(c6)C6(C)CCCCC6(C)N7c6ccc(C#N)cc6)c6ccc3c4c56)cc12. The molecule has 0 amide bonds. The first-order valence-electron chi connectivity index (χ1n) is 33.4. The summed E-state index contributed by atoms with van der Waals surface area (Å²) in [6.07, 6.45) is 13.7. The van der Waals surface area contributed by atoms with Gasteiger partial charge < -0.3 is 14.7 Å². The normalized spacial score (nSPS) is 25.3. The Morgan fingerprint density at radius 3 is 0.879 bits per heavy atom. The van der Waals surface area contributed by atoms with E-state index in [-0.39, 0.29) is 32.9 Å². The van der Waals surface area contributed by atoms with Gasteiger partial charge in [-0.1, -0.05) is 132 Å². The first-order chi connectivity index (χ1) is 44.2. The molecule has 6 atom stereocenters. The van der Waals surface area contributed by atoms with Crippen molar-refractivity contribution >= 4 is 66.4 Å². The molecule has 3 heterocycles. The molecule has 3 aliphatic carbocycles. The van der Waals surface area contributed by atoms with E-state index in [9.17, 15) is 15.8 Å². The summed E-state index contributed by atoms with van der Waals surface area (Å²) in [5, 5.41) is 37.2. The zero-order valence-corrected chi connectivity index (χ0v) is 53.1. The summed E-state index contributed by atoms with van der Waals surface area (Å²) in [5.41, 5.74) is 22.5. The molecule has 3 saturated carbocycles. The average Bonchev–Trinajstić information content (AvgIpc) is 1.70. The molecular weight excluding hydrogens is 1100 g/mol. The van der Waals surface area contributed by atoms with Crippen LogP contribution in [0.1, 0.15) is 152 Å². The maximum atomic E-state index is 9.89. The van der Waals surface area contributed by atoms with Crippen molar-refractivity contribution in [1.82, 2.24) is 0 Å². The number of nitrogens with zero attached hydrogens (tertiary/aromatic N) is 6. The van der Waals surface area contributed by atoms with Crippen LogP contribution in [0.15, 0.2) is 194 Å². The fourth-order valence-electron chi connectivity index (χ4n) is 19.5. The van der Waals surface area contributed by atoms with Gasteiger partial charge in [0.25, 0.3) is 0 Å². The van der Waals surface area contributed by atoms with Crippen LogP contribution in [0, 0.1) is 34.0 Å². The molecule has 0 bridgehead atoms. The van der Waals surface area contributed by atoms with Crippen LogP contribution < -0.4 is 14.7 Å². The monoisotopic (exact) mass is 1180 g/mol. The van der Waals surface area contributed by atoms with Gasteiger partial charge in [0.15, 0.2) is 0 Å². The summed E-state index contributed by atoms with van der Waals surface area (Å²) in [6.45, 7) is 15.1. The van der Waals surface area contributed by atoms with Crippen LogP contribution in [-0.4, -0.2) is 16.6 Å². The summed E-state index contributed by atoms with van der Waals surface area (Å²) in [7, 11) is 0. The second-order valence-electron chi connectivity index (χ2n) is 29.0. The van der Waals surface area contributed by atoms with E-state index in [1.165, 1.54) is 149 Å². The molecule has 0 spiro atoms. The van der Waals surface area contributed by atoms with Crippen molar-refractivity contribution in [1.29, 1.82) is 15.8 Å². The van der Waals surface area contributed by atoms with E-state index >= 15 is 0 Å². The van der Waals surface area contributed by atoms with Gasteiger partial charge in [0.2, 0.25) is 0 Å². The Balaban J connectivity index is 0.930. The minimum atomic E-state index is -0.162. The van der Waals surface area contributed by atoms with Crippen molar-refractivity contribution in [2.24, 2.45) is 0 Å². The Labute approximate surface area is 535 Å². The lowest BCUT2D eigenvalue weighted by atomic mass is 9.61. The van der Waals surface area contributed by atoms with E-state index in [0.717, 1.165) is 55.6 Å². The molecule has 6 unspecified atom stereocenters. The second kappa shape index (κ2) is 19.7. The molecule has 11 aromatic rings. The highest BCUT2D eigenvalue weighted by atomic mass is 15.3. The van der Waals surface area contributed by atoms with Gasteiger partial charge in [-0.05, 0) is 274 Å². The van der Waals surface area contributed by atoms with Crippen molar-refractivity contribution in [3.8, 4) is 62.7 Å². The predicted octanol–water partition coefficient (Wildman–Crippen LogP) is 22.1. The van der Waals surface area contributed by atoms with Gasteiger partial charge in [-0.3, -0.25) is 0 Å². The smallest absolute Gasteiger partial charge is 0.0991 e. The number of anilines is 6. The van der Waals surface area contributed by atoms with Crippen molar-refractivity contribution < 1.29 is 0 Å². The summed E-state index contributed by atoms with van der Waals surface area (Å²) >= 11 is 0. The third kappa shape index (κ3) is 7.44. The third-order valence-electron chi connectivity index (χ3n) is 25.0. The zero-order valence-electron chi connectivity index (χ0n) is 53.1. The van der Waals surface area contributed by atoms with Crippen molar-refractivity contribution in [2.45, 2.75) is 151 Å². The highest BCUT2D eigenvalue weighted by Crippen LogP contribution is 2.65. The molecule has 91 heavy (non-hydrogen) atoms. The topological polar surface area (TPSA) is 81.1 Å². The number of benzene rings is 11. The Kier molecular flexibility index (Phi) is 12.0. The van der Waals surface area contributed by atoms with Crippen molar-refractivity contribution in [3.05, 3.63) is 228 Å². The van der Waals surface area contributed by atoms with Crippen LogP contribution in [0.5, 0.6) is 0 Å². The van der Waals surface area contributed by atoms with Gasteiger partial charge in [-0.15, -0.1) is 0 Å². The van der Waals surface area contributed by atoms with Gasteiger partial charge in [0, 0.05) is 50.4 Å². The van der Waals surface area contributed by atoms with Crippen molar-refractivity contribution in [2.75, 3.05) is 14.7 Å². The molecule has 0 N–H and O–H groups in total. The van der Waals surface area contributed by atoms with Crippen LogP contribution in [0.3, 0.4) is 0 Å². The predicted molar refractivity (Wildman–Crippen MR) is 374 cm³/mol. The van der Waals surface area contributed by atoms with Gasteiger partial charge in [-0.2, -0.15) is 15.8 Å². The number of hydrogen-bond donors (Lipinski definition) is 0. The fourth-order valence-corrected chi connectivity index (χ4v) is 19.5. The highest BCUT2D eigenvalue weighted by molar-refractivity contribution is 6.32. The van der Waals surface area contributed by atoms with Gasteiger partial charge in [-0.25, -0.2) is 0 Å². The molecular formula is C85H74N6.